The minimum atomic E-state index is -0.992. The zero-order valence-electron chi connectivity index (χ0n) is 23.5. The van der Waals surface area contributed by atoms with E-state index in [1.165, 1.54) is 7.11 Å². The lowest BCUT2D eigenvalue weighted by Gasteiger charge is -2.32. The van der Waals surface area contributed by atoms with Crippen molar-refractivity contribution < 1.29 is 23.9 Å². The summed E-state index contributed by atoms with van der Waals surface area (Å²) in [5.74, 6) is -0.201. The van der Waals surface area contributed by atoms with E-state index in [1.54, 1.807) is 37.8 Å². The number of nitrogens with one attached hydrogen (secondary N) is 2. The predicted molar refractivity (Wildman–Crippen MR) is 159 cm³/mol. The Morgan fingerprint density at radius 3 is 2.35 bits per heavy atom. The van der Waals surface area contributed by atoms with Crippen LogP contribution in [-0.2, 0) is 25.7 Å². The minimum Gasteiger partial charge on any atom is -0.496 e. The molecule has 4 rings (SSSR count). The molecule has 3 aromatic rings. The maximum atomic E-state index is 14.4. The van der Waals surface area contributed by atoms with Crippen molar-refractivity contribution in [2.75, 3.05) is 37.7 Å². The largest absolute Gasteiger partial charge is 0.496 e. The summed E-state index contributed by atoms with van der Waals surface area (Å²) in [5, 5.41) is 7.80. The highest BCUT2D eigenvalue weighted by Gasteiger charge is 2.42. The molecule has 0 aliphatic carbocycles. The Bertz CT molecular complexity index is 1370. The zero-order chi connectivity index (χ0) is 28.1. The SMILES string of the molecule is CN[C@@H](C)C(=O)N[C@@H]1C(=O)N(Cc2c(OC)ccc3ccccc23)c2ccccc2N(C(=O)CCOC)[C@H]1C.Cl. The molecule has 0 spiro atoms. The molecular formula is C30H37ClN4O5. The van der Waals surface area contributed by atoms with Gasteiger partial charge in [-0.3, -0.25) is 14.4 Å². The van der Waals surface area contributed by atoms with E-state index in [0.717, 1.165) is 16.3 Å². The Hall–Kier alpha value is -3.66. The fourth-order valence-electron chi connectivity index (χ4n) is 5.01. The summed E-state index contributed by atoms with van der Waals surface area (Å²) in [5.41, 5.74) is 2.00. The smallest absolute Gasteiger partial charge is 0.252 e. The number of amides is 3. The van der Waals surface area contributed by atoms with Crippen molar-refractivity contribution in [2.24, 2.45) is 0 Å². The van der Waals surface area contributed by atoms with Crippen LogP contribution in [-0.4, -0.2) is 63.7 Å². The molecule has 0 saturated carbocycles. The van der Waals surface area contributed by atoms with Gasteiger partial charge >= 0.3 is 0 Å². The van der Waals surface area contributed by atoms with Crippen LogP contribution in [0, 0.1) is 0 Å². The second kappa shape index (κ2) is 13.6. The number of carbonyl (C=O) groups is 3. The van der Waals surface area contributed by atoms with Crippen LogP contribution < -0.4 is 25.2 Å². The van der Waals surface area contributed by atoms with Crippen LogP contribution in [0.1, 0.15) is 25.8 Å². The monoisotopic (exact) mass is 568 g/mol. The van der Waals surface area contributed by atoms with Gasteiger partial charge in [-0.1, -0.05) is 42.5 Å². The third-order valence-corrected chi connectivity index (χ3v) is 7.30. The van der Waals surface area contributed by atoms with E-state index in [2.05, 4.69) is 10.6 Å². The first-order valence-electron chi connectivity index (χ1n) is 13.1. The molecule has 1 heterocycles. The van der Waals surface area contributed by atoms with Crippen LogP contribution in [0.3, 0.4) is 0 Å². The van der Waals surface area contributed by atoms with E-state index >= 15 is 0 Å². The molecule has 40 heavy (non-hydrogen) atoms. The molecule has 1 aliphatic rings. The number of hydrogen-bond acceptors (Lipinski definition) is 6. The lowest BCUT2D eigenvalue weighted by molar-refractivity contribution is -0.129. The molecule has 1 aliphatic heterocycles. The molecule has 0 bridgehead atoms. The number of benzene rings is 3. The molecule has 0 saturated heterocycles. The molecule has 3 aromatic carbocycles. The average molecular weight is 569 g/mol. The van der Waals surface area contributed by atoms with E-state index in [9.17, 15) is 14.4 Å². The van der Waals surface area contributed by atoms with Gasteiger partial charge in [-0.05, 0) is 49.9 Å². The van der Waals surface area contributed by atoms with Gasteiger partial charge in [0.1, 0.15) is 11.8 Å². The first-order valence-corrected chi connectivity index (χ1v) is 13.1. The molecule has 10 heteroatoms. The second-order valence-electron chi connectivity index (χ2n) is 9.62. The van der Waals surface area contributed by atoms with Crippen LogP contribution in [0.25, 0.3) is 10.8 Å². The fourth-order valence-corrected chi connectivity index (χ4v) is 5.01. The molecular weight excluding hydrogens is 532 g/mol. The van der Waals surface area contributed by atoms with Crippen molar-refractivity contribution in [1.82, 2.24) is 10.6 Å². The second-order valence-corrected chi connectivity index (χ2v) is 9.62. The van der Waals surface area contributed by atoms with Gasteiger partial charge in [0.2, 0.25) is 11.8 Å². The molecule has 9 nitrogen and oxygen atoms in total. The minimum absolute atomic E-state index is 0. The Morgan fingerprint density at radius 2 is 1.68 bits per heavy atom. The first kappa shape index (κ1) is 30.9. The molecule has 0 aromatic heterocycles. The number of likely N-dealkylation sites (N-methyl/N-ethyl adjacent to an activating group) is 1. The van der Waals surface area contributed by atoms with E-state index in [-0.39, 0.29) is 49.7 Å². The van der Waals surface area contributed by atoms with E-state index in [4.69, 9.17) is 9.47 Å². The summed E-state index contributed by atoms with van der Waals surface area (Å²) in [6, 6.07) is 17.0. The number of halogens is 1. The van der Waals surface area contributed by atoms with Gasteiger partial charge in [0.15, 0.2) is 0 Å². The summed E-state index contributed by atoms with van der Waals surface area (Å²) in [6.07, 6.45) is 0.133. The molecule has 0 unspecified atom stereocenters. The third-order valence-electron chi connectivity index (χ3n) is 7.30. The van der Waals surface area contributed by atoms with Gasteiger partial charge in [-0.2, -0.15) is 0 Å². The van der Waals surface area contributed by atoms with Crippen LogP contribution >= 0.6 is 12.4 Å². The summed E-state index contributed by atoms with van der Waals surface area (Å²) in [7, 11) is 4.82. The quantitative estimate of drug-likeness (QED) is 0.409. The molecule has 0 radical (unpaired) electrons. The van der Waals surface area contributed by atoms with Crippen LogP contribution in [0.4, 0.5) is 11.4 Å². The number of fused-ring (bicyclic) bond motifs is 2. The number of para-hydroxylation sites is 2. The summed E-state index contributed by atoms with van der Waals surface area (Å²) in [6.45, 7) is 3.93. The lowest BCUT2D eigenvalue weighted by atomic mass is 10.0. The highest BCUT2D eigenvalue weighted by molar-refractivity contribution is 6.09. The van der Waals surface area contributed by atoms with Crippen molar-refractivity contribution in [1.29, 1.82) is 0 Å². The van der Waals surface area contributed by atoms with Crippen molar-refractivity contribution >= 4 is 52.3 Å². The average Bonchev–Trinajstić information content (AvgIpc) is 3.04. The zero-order valence-corrected chi connectivity index (χ0v) is 24.3. The van der Waals surface area contributed by atoms with Crippen molar-refractivity contribution in [3.63, 3.8) is 0 Å². The number of ether oxygens (including phenoxy) is 2. The van der Waals surface area contributed by atoms with Crippen molar-refractivity contribution in [3.05, 3.63) is 66.2 Å². The summed E-state index contributed by atoms with van der Waals surface area (Å²) >= 11 is 0. The van der Waals surface area contributed by atoms with Gasteiger partial charge in [-0.15, -0.1) is 12.4 Å². The molecule has 0 fully saturated rings. The first-order chi connectivity index (χ1) is 18.8. The lowest BCUT2D eigenvalue weighted by Crippen LogP contribution is -2.59. The number of rotatable bonds is 9. The Labute approximate surface area is 241 Å². The molecule has 214 valence electrons. The number of carbonyl (C=O) groups excluding carboxylic acids is 3. The number of methoxy groups -OCH3 is 2. The van der Waals surface area contributed by atoms with Gasteiger partial charge in [0.25, 0.3) is 5.91 Å². The van der Waals surface area contributed by atoms with Gasteiger partial charge in [0.05, 0.1) is 50.1 Å². The standard InChI is InChI=1S/C30H36N4O5.ClH/c1-19(31-3)29(36)32-28-20(2)34(27(35)16-17-38-4)25-13-9-8-12-24(25)33(30(28)37)18-23-22-11-7-6-10-21(22)14-15-26(23)39-5;/h6-15,19-20,28,31H,16-18H2,1-5H3,(H,32,36);1H/t19-,20-,28-;/m0./s1. The Balaban J connectivity index is 0.00000441. The maximum Gasteiger partial charge on any atom is 0.252 e. The normalized spacial score (nSPS) is 17.5. The van der Waals surface area contributed by atoms with E-state index < -0.39 is 18.1 Å². The highest BCUT2D eigenvalue weighted by Crippen LogP contribution is 2.38. The van der Waals surface area contributed by atoms with Gasteiger partial charge in [-0.25, -0.2) is 0 Å². The maximum absolute atomic E-state index is 14.4. The summed E-state index contributed by atoms with van der Waals surface area (Å²) < 4.78 is 10.9. The van der Waals surface area contributed by atoms with Gasteiger partial charge < -0.3 is 29.9 Å². The number of anilines is 2. The molecule has 3 amide bonds. The van der Waals surface area contributed by atoms with Crippen LogP contribution in [0.15, 0.2) is 60.7 Å². The predicted octanol–water partition coefficient (Wildman–Crippen LogP) is 3.67. The van der Waals surface area contributed by atoms with Gasteiger partial charge in [0, 0.05) is 12.7 Å². The van der Waals surface area contributed by atoms with Crippen molar-refractivity contribution in [2.45, 2.75) is 44.9 Å². The highest BCUT2D eigenvalue weighted by atomic mass is 35.5. The van der Waals surface area contributed by atoms with Crippen LogP contribution in [0.2, 0.25) is 0 Å². The van der Waals surface area contributed by atoms with E-state index in [1.807, 2.05) is 60.7 Å². The van der Waals surface area contributed by atoms with Crippen molar-refractivity contribution in [3.8, 4) is 5.75 Å². The third kappa shape index (κ3) is 6.06. The Kier molecular flexibility index (Phi) is 10.5. The van der Waals surface area contributed by atoms with E-state index in [0.29, 0.717) is 17.1 Å². The number of hydrogen-bond donors (Lipinski definition) is 2. The molecule has 3 atom stereocenters. The number of nitrogens with zero attached hydrogens (tertiary/aromatic N) is 2. The molecule has 2 N–H and O–H groups in total. The van der Waals surface area contributed by atoms with Crippen LogP contribution in [0.5, 0.6) is 5.75 Å². The topological polar surface area (TPSA) is 100 Å². The Morgan fingerprint density at radius 1 is 1.00 bits per heavy atom. The fraction of sp³-hybridized carbons (Fsp3) is 0.367. The summed E-state index contributed by atoms with van der Waals surface area (Å²) in [4.78, 5) is 44.2.